The first kappa shape index (κ1) is 12.2. The number of hydrogen-bond acceptors (Lipinski definition) is 2. The second-order valence-corrected chi connectivity index (χ2v) is 5.18. The van der Waals surface area contributed by atoms with Crippen LogP contribution < -0.4 is 5.73 Å². The Morgan fingerprint density at radius 2 is 1.88 bits per heavy atom. The van der Waals surface area contributed by atoms with Gasteiger partial charge in [-0.25, -0.2) is 0 Å². The SMILES string of the molecule is Cc1cccc(Sc2ccccc2CCN)c1. The molecule has 0 aliphatic rings. The van der Waals surface area contributed by atoms with E-state index in [1.807, 2.05) is 11.8 Å². The first-order valence-corrected chi connectivity index (χ1v) is 6.64. The van der Waals surface area contributed by atoms with E-state index >= 15 is 0 Å². The smallest absolute Gasteiger partial charge is 0.0154 e. The summed E-state index contributed by atoms with van der Waals surface area (Å²) in [5, 5.41) is 0. The molecule has 2 aromatic rings. The number of nitrogens with two attached hydrogens (primary N) is 1. The van der Waals surface area contributed by atoms with Gasteiger partial charge < -0.3 is 5.73 Å². The van der Waals surface area contributed by atoms with Gasteiger partial charge in [0.2, 0.25) is 0 Å². The molecule has 0 aliphatic carbocycles. The Balaban J connectivity index is 2.23. The summed E-state index contributed by atoms with van der Waals surface area (Å²) in [6.45, 7) is 2.82. The number of aryl methyl sites for hydroxylation is 1. The van der Waals surface area contributed by atoms with Crippen LogP contribution in [0.25, 0.3) is 0 Å². The Hall–Kier alpha value is -1.25. The molecule has 0 radical (unpaired) electrons. The average Bonchev–Trinajstić information content (AvgIpc) is 2.32. The quantitative estimate of drug-likeness (QED) is 0.887. The number of rotatable bonds is 4. The van der Waals surface area contributed by atoms with Crippen LogP contribution in [-0.4, -0.2) is 6.54 Å². The van der Waals surface area contributed by atoms with Gasteiger partial charge in [0, 0.05) is 9.79 Å². The molecule has 88 valence electrons. The van der Waals surface area contributed by atoms with Crippen LogP contribution in [0.3, 0.4) is 0 Å². The maximum atomic E-state index is 5.64. The molecule has 2 heteroatoms. The highest BCUT2D eigenvalue weighted by molar-refractivity contribution is 7.99. The van der Waals surface area contributed by atoms with Gasteiger partial charge >= 0.3 is 0 Å². The largest absolute Gasteiger partial charge is 0.330 e. The van der Waals surface area contributed by atoms with Crippen molar-refractivity contribution in [2.24, 2.45) is 5.73 Å². The van der Waals surface area contributed by atoms with E-state index in [4.69, 9.17) is 5.73 Å². The van der Waals surface area contributed by atoms with Crippen LogP contribution in [0.15, 0.2) is 58.3 Å². The van der Waals surface area contributed by atoms with Gasteiger partial charge in [0.1, 0.15) is 0 Å². The summed E-state index contributed by atoms with van der Waals surface area (Å²) in [7, 11) is 0. The van der Waals surface area contributed by atoms with Crippen LogP contribution in [-0.2, 0) is 6.42 Å². The lowest BCUT2D eigenvalue weighted by molar-refractivity contribution is 0.944. The molecule has 0 atom stereocenters. The molecule has 0 amide bonds. The van der Waals surface area contributed by atoms with E-state index in [0.717, 1.165) is 6.42 Å². The summed E-state index contributed by atoms with van der Waals surface area (Å²) in [5.41, 5.74) is 8.27. The van der Waals surface area contributed by atoms with Gasteiger partial charge in [-0.15, -0.1) is 0 Å². The minimum Gasteiger partial charge on any atom is -0.330 e. The monoisotopic (exact) mass is 243 g/mol. The van der Waals surface area contributed by atoms with E-state index in [2.05, 4.69) is 55.5 Å². The molecule has 0 aliphatic heterocycles. The average molecular weight is 243 g/mol. The Kier molecular flexibility index (Phi) is 4.24. The van der Waals surface area contributed by atoms with Crippen molar-refractivity contribution in [2.45, 2.75) is 23.1 Å². The van der Waals surface area contributed by atoms with Crippen molar-refractivity contribution in [2.75, 3.05) is 6.54 Å². The number of hydrogen-bond donors (Lipinski definition) is 1. The van der Waals surface area contributed by atoms with Gasteiger partial charge in [-0.2, -0.15) is 0 Å². The molecule has 0 fully saturated rings. The molecule has 0 spiro atoms. The number of benzene rings is 2. The van der Waals surface area contributed by atoms with E-state index in [0.29, 0.717) is 6.54 Å². The van der Waals surface area contributed by atoms with Gasteiger partial charge in [0.25, 0.3) is 0 Å². The molecular weight excluding hydrogens is 226 g/mol. The van der Waals surface area contributed by atoms with Crippen molar-refractivity contribution in [3.63, 3.8) is 0 Å². The molecule has 0 heterocycles. The molecule has 0 aromatic heterocycles. The third-order valence-electron chi connectivity index (χ3n) is 2.60. The Morgan fingerprint density at radius 3 is 2.65 bits per heavy atom. The van der Waals surface area contributed by atoms with Crippen LogP contribution in [0.2, 0.25) is 0 Å². The normalized spacial score (nSPS) is 10.5. The fourth-order valence-corrected chi connectivity index (χ4v) is 2.86. The molecular formula is C15H17NS. The van der Waals surface area contributed by atoms with Gasteiger partial charge in [0.15, 0.2) is 0 Å². The third kappa shape index (κ3) is 3.35. The highest BCUT2D eigenvalue weighted by atomic mass is 32.2. The van der Waals surface area contributed by atoms with E-state index in [1.54, 1.807) is 0 Å². The predicted octanol–water partition coefficient (Wildman–Crippen LogP) is 3.65. The summed E-state index contributed by atoms with van der Waals surface area (Å²) in [6.07, 6.45) is 0.939. The topological polar surface area (TPSA) is 26.0 Å². The van der Waals surface area contributed by atoms with Gasteiger partial charge in [-0.3, -0.25) is 0 Å². The minimum absolute atomic E-state index is 0.700. The molecule has 1 nitrogen and oxygen atoms in total. The molecule has 2 aromatic carbocycles. The lowest BCUT2D eigenvalue weighted by atomic mass is 10.1. The van der Waals surface area contributed by atoms with Crippen LogP contribution >= 0.6 is 11.8 Å². The van der Waals surface area contributed by atoms with Crippen molar-refractivity contribution in [3.8, 4) is 0 Å². The van der Waals surface area contributed by atoms with E-state index in [9.17, 15) is 0 Å². The molecule has 0 saturated carbocycles. The maximum absolute atomic E-state index is 5.64. The predicted molar refractivity (Wildman–Crippen MR) is 74.5 cm³/mol. The fraction of sp³-hybridized carbons (Fsp3) is 0.200. The molecule has 0 bridgehead atoms. The lowest BCUT2D eigenvalue weighted by Crippen LogP contribution is -2.03. The molecule has 0 unspecified atom stereocenters. The summed E-state index contributed by atoms with van der Waals surface area (Å²) in [6, 6.07) is 17.1. The van der Waals surface area contributed by atoms with Crippen molar-refractivity contribution in [1.29, 1.82) is 0 Å². The summed E-state index contributed by atoms with van der Waals surface area (Å²) < 4.78 is 0. The maximum Gasteiger partial charge on any atom is 0.0154 e. The zero-order valence-electron chi connectivity index (χ0n) is 10.0. The first-order valence-electron chi connectivity index (χ1n) is 5.82. The Labute approximate surface area is 107 Å². The minimum atomic E-state index is 0.700. The van der Waals surface area contributed by atoms with Crippen molar-refractivity contribution < 1.29 is 0 Å². The van der Waals surface area contributed by atoms with Crippen LogP contribution in [0, 0.1) is 6.92 Å². The summed E-state index contributed by atoms with van der Waals surface area (Å²) in [4.78, 5) is 2.60. The summed E-state index contributed by atoms with van der Waals surface area (Å²) in [5.74, 6) is 0. The van der Waals surface area contributed by atoms with Crippen LogP contribution in [0.1, 0.15) is 11.1 Å². The molecule has 2 rings (SSSR count). The van der Waals surface area contributed by atoms with Crippen molar-refractivity contribution >= 4 is 11.8 Å². The van der Waals surface area contributed by atoms with E-state index in [1.165, 1.54) is 20.9 Å². The van der Waals surface area contributed by atoms with Gasteiger partial charge in [0.05, 0.1) is 0 Å². The molecule has 2 N–H and O–H groups in total. The zero-order valence-corrected chi connectivity index (χ0v) is 10.8. The molecule has 17 heavy (non-hydrogen) atoms. The van der Waals surface area contributed by atoms with Crippen molar-refractivity contribution in [3.05, 3.63) is 59.7 Å². The van der Waals surface area contributed by atoms with Crippen molar-refractivity contribution in [1.82, 2.24) is 0 Å². The van der Waals surface area contributed by atoms with E-state index in [-0.39, 0.29) is 0 Å². The lowest BCUT2D eigenvalue weighted by Gasteiger charge is -2.08. The fourth-order valence-electron chi connectivity index (χ4n) is 1.77. The van der Waals surface area contributed by atoms with Crippen LogP contribution in [0.4, 0.5) is 0 Å². The Morgan fingerprint density at radius 1 is 1.06 bits per heavy atom. The van der Waals surface area contributed by atoms with Gasteiger partial charge in [-0.1, -0.05) is 47.7 Å². The Bertz CT molecular complexity index is 494. The third-order valence-corrected chi connectivity index (χ3v) is 3.71. The second-order valence-electron chi connectivity index (χ2n) is 4.06. The summed E-state index contributed by atoms with van der Waals surface area (Å²) >= 11 is 1.81. The highest BCUT2D eigenvalue weighted by Crippen LogP contribution is 2.30. The standard InChI is InChI=1S/C15H17NS/c1-12-5-4-7-14(11-12)17-15-8-3-2-6-13(15)9-10-16/h2-8,11H,9-10,16H2,1H3. The van der Waals surface area contributed by atoms with Crippen LogP contribution in [0.5, 0.6) is 0 Å². The second kappa shape index (κ2) is 5.89. The zero-order chi connectivity index (χ0) is 12.1. The van der Waals surface area contributed by atoms with E-state index < -0.39 is 0 Å². The highest BCUT2D eigenvalue weighted by Gasteiger charge is 2.03. The van der Waals surface area contributed by atoms with Gasteiger partial charge in [-0.05, 0) is 43.7 Å². The first-order chi connectivity index (χ1) is 8.29. The molecule has 0 saturated heterocycles.